The van der Waals surface area contributed by atoms with Crippen molar-refractivity contribution < 1.29 is 63.9 Å². The third kappa shape index (κ3) is 2.55. The third-order valence-corrected chi connectivity index (χ3v) is 5.02. The van der Waals surface area contributed by atoms with Crippen molar-refractivity contribution in [2.45, 2.75) is 5.60 Å². The summed E-state index contributed by atoms with van der Waals surface area (Å²) < 4.78 is 11.6. The minimum absolute atomic E-state index is 0. The molecule has 0 aromatic heterocycles. The first-order valence-corrected chi connectivity index (χ1v) is 8.35. The van der Waals surface area contributed by atoms with E-state index in [4.69, 9.17) is 9.47 Å². The van der Waals surface area contributed by atoms with Crippen molar-refractivity contribution in [2.75, 3.05) is 0 Å². The second kappa shape index (κ2) is 6.52. The van der Waals surface area contributed by atoms with E-state index in [0.717, 1.165) is 0 Å². The summed E-state index contributed by atoms with van der Waals surface area (Å²) in [6.07, 6.45) is 0. The van der Waals surface area contributed by atoms with Crippen molar-refractivity contribution in [2.24, 2.45) is 0 Å². The molecule has 0 saturated heterocycles. The average molecular weight is 398 g/mol. The van der Waals surface area contributed by atoms with Crippen LogP contribution in [0.1, 0.15) is 37.4 Å². The van der Waals surface area contributed by atoms with E-state index < -0.39 is 17.5 Å². The molecule has 0 atom stereocenters. The number of phenolic OH excluding ortho intramolecular Hbond substituents is 2. The number of carbonyl (C=O) groups excluding carboxylic acids is 2. The summed E-state index contributed by atoms with van der Waals surface area (Å²) in [5.41, 5.74) is -0.685. The molecule has 3 aromatic rings. The summed E-state index contributed by atoms with van der Waals surface area (Å²) in [6, 6.07) is 13.0. The van der Waals surface area contributed by atoms with E-state index in [9.17, 15) is 24.9 Å². The molecule has 2 aliphatic rings. The number of carboxylic acid groups (broad SMARTS) is 1. The van der Waals surface area contributed by atoms with E-state index in [1.807, 2.05) is 0 Å². The molecular formula is C21H11NaO7. The van der Waals surface area contributed by atoms with E-state index in [0.29, 0.717) is 16.7 Å². The summed E-state index contributed by atoms with van der Waals surface area (Å²) in [6.45, 7) is 0. The van der Waals surface area contributed by atoms with Crippen LogP contribution in [0.4, 0.5) is 0 Å². The number of aromatic carboxylic acids is 1. The molecule has 138 valence electrons. The van der Waals surface area contributed by atoms with Crippen molar-refractivity contribution in [3.8, 4) is 23.0 Å². The summed E-state index contributed by atoms with van der Waals surface area (Å²) in [4.78, 5) is 24.3. The Morgan fingerprint density at radius 1 is 0.897 bits per heavy atom. The molecule has 2 aliphatic heterocycles. The van der Waals surface area contributed by atoms with Gasteiger partial charge in [0.15, 0.2) is 5.60 Å². The number of phenols is 2. The maximum Gasteiger partial charge on any atom is 1.00 e. The van der Waals surface area contributed by atoms with Crippen LogP contribution in [-0.2, 0) is 10.3 Å². The number of esters is 1. The topological polar surface area (TPSA) is 116 Å². The minimum Gasteiger partial charge on any atom is -0.545 e. The number of aromatic hydroxyl groups is 2. The fraction of sp³-hybridized carbons (Fsp3) is 0.0476. The van der Waals surface area contributed by atoms with Gasteiger partial charge in [-0.05, 0) is 24.3 Å². The minimum atomic E-state index is -1.49. The molecule has 2 heterocycles. The zero-order valence-electron chi connectivity index (χ0n) is 15.1. The number of hydrogen-bond donors (Lipinski definition) is 2. The van der Waals surface area contributed by atoms with Crippen molar-refractivity contribution in [3.63, 3.8) is 0 Å². The molecule has 0 fully saturated rings. The van der Waals surface area contributed by atoms with Gasteiger partial charge in [-0.15, -0.1) is 0 Å². The number of ether oxygens (including phenoxy) is 2. The van der Waals surface area contributed by atoms with Crippen LogP contribution in [0.2, 0.25) is 0 Å². The maximum atomic E-state index is 12.8. The fourth-order valence-corrected chi connectivity index (χ4v) is 3.92. The fourth-order valence-electron chi connectivity index (χ4n) is 3.92. The maximum absolute atomic E-state index is 12.8. The zero-order valence-corrected chi connectivity index (χ0v) is 17.1. The standard InChI is InChI=1S/C21H12O7.Na/c22-10-4-6-13-16(8-10)27-17-9-11(23)5-7-14(17)21(13)15-3-1-2-12(19(24)25)18(15)20(26)28-21;/h1-9,22-23H,(H,24,25);/q;+1/p-1. The molecule has 0 saturated carbocycles. The van der Waals surface area contributed by atoms with E-state index in [2.05, 4.69) is 0 Å². The molecular weight excluding hydrogens is 387 g/mol. The molecule has 0 unspecified atom stereocenters. The van der Waals surface area contributed by atoms with Crippen LogP contribution in [0.3, 0.4) is 0 Å². The molecule has 1 spiro atoms. The van der Waals surface area contributed by atoms with Crippen LogP contribution in [0.5, 0.6) is 23.0 Å². The molecule has 0 bridgehead atoms. The van der Waals surface area contributed by atoms with Crippen molar-refractivity contribution in [1.29, 1.82) is 0 Å². The van der Waals surface area contributed by atoms with Gasteiger partial charge in [-0.25, -0.2) is 4.79 Å². The van der Waals surface area contributed by atoms with Crippen molar-refractivity contribution in [3.05, 3.63) is 82.4 Å². The normalized spacial score (nSPS) is 14.7. The Labute approximate surface area is 186 Å². The Kier molecular flexibility index (Phi) is 4.34. The molecule has 0 amide bonds. The predicted molar refractivity (Wildman–Crippen MR) is 92.4 cm³/mol. The molecule has 5 rings (SSSR count). The van der Waals surface area contributed by atoms with Crippen LogP contribution < -0.4 is 39.4 Å². The number of carbonyl (C=O) groups is 2. The van der Waals surface area contributed by atoms with Gasteiger partial charge in [0.2, 0.25) is 0 Å². The Bertz CT molecular complexity index is 1150. The number of fused-ring (bicyclic) bond motifs is 6. The second-order valence-corrected chi connectivity index (χ2v) is 6.55. The molecule has 0 aliphatic carbocycles. The molecule has 8 heteroatoms. The van der Waals surface area contributed by atoms with E-state index in [1.54, 1.807) is 18.2 Å². The van der Waals surface area contributed by atoms with Gasteiger partial charge in [0.1, 0.15) is 23.0 Å². The van der Waals surface area contributed by atoms with Crippen LogP contribution >= 0.6 is 0 Å². The van der Waals surface area contributed by atoms with Gasteiger partial charge in [-0.1, -0.05) is 18.2 Å². The van der Waals surface area contributed by atoms with Crippen LogP contribution in [-0.4, -0.2) is 22.2 Å². The SMILES string of the molecule is O=C([O-])c1cccc2c1C(=O)OC21c2ccc(O)cc2Oc2cc(O)ccc21.[Na+]. The van der Waals surface area contributed by atoms with Gasteiger partial charge < -0.3 is 29.6 Å². The van der Waals surface area contributed by atoms with Gasteiger partial charge in [0, 0.05) is 34.4 Å². The Morgan fingerprint density at radius 2 is 1.48 bits per heavy atom. The molecule has 0 radical (unpaired) electrons. The average Bonchev–Trinajstić information content (AvgIpc) is 2.95. The number of carboxylic acids is 1. The molecule has 7 nitrogen and oxygen atoms in total. The summed E-state index contributed by atoms with van der Waals surface area (Å²) in [5, 5.41) is 31.3. The van der Waals surface area contributed by atoms with Gasteiger partial charge in [-0.2, -0.15) is 0 Å². The number of benzene rings is 3. The Morgan fingerprint density at radius 3 is 2.03 bits per heavy atom. The largest absolute Gasteiger partial charge is 1.00 e. The predicted octanol–water partition coefficient (Wildman–Crippen LogP) is -0.967. The Hall–Kier alpha value is -3.00. The quantitative estimate of drug-likeness (QED) is 0.400. The van der Waals surface area contributed by atoms with Gasteiger partial charge in [0.05, 0.1) is 11.5 Å². The summed E-state index contributed by atoms with van der Waals surface area (Å²) in [7, 11) is 0. The first-order chi connectivity index (χ1) is 13.4. The number of rotatable bonds is 1. The summed E-state index contributed by atoms with van der Waals surface area (Å²) >= 11 is 0. The molecule has 2 N–H and O–H groups in total. The number of hydrogen-bond acceptors (Lipinski definition) is 7. The van der Waals surface area contributed by atoms with Crippen molar-refractivity contribution in [1.82, 2.24) is 0 Å². The monoisotopic (exact) mass is 398 g/mol. The van der Waals surface area contributed by atoms with E-state index in [1.165, 1.54) is 36.4 Å². The van der Waals surface area contributed by atoms with Crippen LogP contribution in [0, 0.1) is 0 Å². The van der Waals surface area contributed by atoms with Gasteiger partial charge in [0.25, 0.3) is 0 Å². The molecule has 29 heavy (non-hydrogen) atoms. The van der Waals surface area contributed by atoms with Gasteiger partial charge >= 0.3 is 35.5 Å². The second-order valence-electron chi connectivity index (χ2n) is 6.55. The smallest absolute Gasteiger partial charge is 0.545 e. The van der Waals surface area contributed by atoms with Crippen molar-refractivity contribution >= 4 is 11.9 Å². The zero-order chi connectivity index (χ0) is 19.6. The first kappa shape index (κ1) is 19.3. The van der Waals surface area contributed by atoms with Gasteiger partial charge in [-0.3, -0.25) is 0 Å². The van der Waals surface area contributed by atoms with E-state index in [-0.39, 0.29) is 63.7 Å². The third-order valence-electron chi connectivity index (χ3n) is 5.02. The van der Waals surface area contributed by atoms with Crippen LogP contribution in [0.25, 0.3) is 0 Å². The summed E-state index contributed by atoms with van der Waals surface area (Å²) in [5.74, 6) is -1.99. The van der Waals surface area contributed by atoms with E-state index >= 15 is 0 Å². The Balaban J connectivity index is 0.00000205. The van der Waals surface area contributed by atoms with Crippen LogP contribution in [0.15, 0.2) is 54.6 Å². The first-order valence-electron chi connectivity index (χ1n) is 8.35. The molecule has 3 aromatic carbocycles.